The van der Waals surface area contributed by atoms with E-state index in [0.29, 0.717) is 12.2 Å². The zero-order chi connectivity index (χ0) is 12.6. The number of rotatable bonds is 3. The molecule has 1 aromatic carbocycles. The van der Waals surface area contributed by atoms with Crippen LogP contribution in [0.2, 0.25) is 0 Å². The number of hydrogen-bond donors (Lipinski definition) is 0. The summed E-state index contributed by atoms with van der Waals surface area (Å²) in [4.78, 5) is 11.6. The number of carbonyl (C=O) groups is 1. The lowest BCUT2D eigenvalue weighted by Gasteiger charge is -2.43. The SMILES string of the molecule is COc1ccc(C2CC(=O)C2(C)C)c(OC)c1. The van der Waals surface area contributed by atoms with Crippen molar-refractivity contribution in [3.8, 4) is 11.5 Å². The first-order chi connectivity index (χ1) is 8.00. The summed E-state index contributed by atoms with van der Waals surface area (Å²) in [6, 6.07) is 5.78. The Bertz CT molecular complexity index is 449. The molecule has 0 amide bonds. The van der Waals surface area contributed by atoms with E-state index in [0.717, 1.165) is 17.1 Å². The van der Waals surface area contributed by atoms with Crippen LogP contribution in [0, 0.1) is 5.41 Å². The van der Waals surface area contributed by atoms with E-state index in [4.69, 9.17) is 9.47 Å². The van der Waals surface area contributed by atoms with Gasteiger partial charge in [0.2, 0.25) is 0 Å². The first kappa shape index (κ1) is 12.0. The van der Waals surface area contributed by atoms with E-state index in [1.807, 2.05) is 32.0 Å². The van der Waals surface area contributed by atoms with Crippen molar-refractivity contribution < 1.29 is 14.3 Å². The van der Waals surface area contributed by atoms with Crippen molar-refractivity contribution in [1.82, 2.24) is 0 Å². The molecule has 17 heavy (non-hydrogen) atoms. The summed E-state index contributed by atoms with van der Waals surface area (Å²) in [7, 11) is 3.27. The van der Waals surface area contributed by atoms with Gasteiger partial charge in [-0.05, 0) is 11.6 Å². The molecule has 0 heterocycles. The smallest absolute Gasteiger partial charge is 0.139 e. The van der Waals surface area contributed by atoms with Crippen LogP contribution < -0.4 is 9.47 Å². The van der Waals surface area contributed by atoms with Gasteiger partial charge in [-0.1, -0.05) is 19.9 Å². The van der Waals surface area contributed by atoms with Crippen LogP contribution in [0.25, 0.3) is 0 Å². The molecule has 3 heteroatoms. The molecule has 1 aliphatic carbocycles. The molecule has 1 atom stereocenters. The van der Waals surface area contributed by atoms with Gasteiger partial charge in [0, 0.05) is 23.8 Å². The number of hydrogen-bond acceptors (Lipinski definition) is 3. The highest BCUT2D eigenvalue weighted by molar-refractivity contribution is 5.92. The maximum absolute atomic E-state index is 11.6. The maximum Gasteiger partial charge on any atom is 0.139 e. The number of benzene rings is 1. The van der Waals surface area contributed by atoms with Gasteiger partial charge in [-0.3, -0.25) is 4.79 Å². The minimum atomic E-state index is -0.276. The third-order valence-corrected chi connectivity index (χ3v) is 3.80. The summed E-state index contributed by atoms with van der Waals surface area (Å²) >= 11 is 0. The molecule has 3 nitrogen and oxygen atoms in total. The van der Waals surface area contributed by atoms with Gasteiger partial charge in [-0.2, -0.15) is 0 Å². The summed E-state index contributed by atoms with van der Waals surface area (Å²) < 4.78 is 10.6. The Morgan fingerprint density at radius 3 is 2.41 bits per heavy atom. The van der Waals surface area contributed by atoms with Gasteiger partial charge >= 0.3 is 0 Å². The van der Waals surface area contributed by atoms with Crippen molar-refractivity contribution in [1.29, 1.82) is 0 Å². The van der Waals surface area contributed by atoms with Gasteiger partial charge in [0.1, 0.15) is 17.3 Å². The highest BCUT2D eigenvalue weighted by Gasteiger charge is 2.48. The van der Waals surface area contributed by atoms with Gasteiger partial charge in [0.25, 0.3) is 0 Å². The Kier molecular flexibility index (Phi) is 2.86. The summed E-state index contributed by atoms with van der Waals surface area (Å²) in [6.45, 7) is 3.99. The van der Waals surface area contributed by atoms with Crippen LogP contribution in [0.1, 0.15) is 31.7 Å². The first-order valence-electron chi connectivity index (χ1n) is 5.76. The molecule has 1 aromatic rings. The number of Topliss-reactive ketones (excluding diaryl/α,β-unsaturated/α-hetero) is 1. The fourth-order valence-electron chi connectivity index (χ4n) is 2.37. The van der Waals surface area contributed by atoms with Gasteiger partial charge in [-0.25, -0.2) is 0 Å². The zero-order valence-corrected chi connectivity index (χ0v) is 10.7. The molecule has 0 aromatic heterocycles. The first-order valence-corrected chi connectivity index (χ1v) is 5.76. The molecule has 1 saturated carbocycles. The highest BCUT2D eigenvalue weighted by Crippen LogP contribution is 2.52. The van der Waals surface area contributed by atoms with E-state index in [1.165, 1.54) is 0 Å². The summed E-state index contributed by atoms with van der Waals surface area (Å²) in [6.07, 6.45) is 0.607. The normalized spacial score (nSPS) is 21.9. The number of methoxy groups -OCH3 is 2. The van der Waals surface area contributed by atoms with Crippen molar-refractivity contribution in [2.24, 2.45) is 5.41 Å². The molecule has 92 valence electrons. The topological polar surface area (TPSA) is 35.5 Å². The fraction of sp³-hybridized carbons (Fsp3) is 0.500. The minimum absolute atomic E-state index is 0.246. The largest absolute Gasteiger partial charge is 0.497 e. The average molecular weight is 234 g/mol. The molecule has 1 aliphatic rings. The molecule has 0 bridgehead atoms. The van der Waals surface area contributed by atoms with Gasteiger partial charge in [-0.15, -0.1) is 0 Å². The van der Waals surface area contributed by atoms with Gasteiger partial charge in [0.05, 0.1) is 14.2 Å². The summed E-state index contributed by atoms with van der Waals surface area (Å²) in [5, 5.41) is 0. The standard InChI is InChI=1S/C14H18O3/c1-14(2)11(8-13(14)15)10-6-5-9(16-3)7-12(10)17-4/h5-7,11H,8H2,1-4H3. The predicted octanol–water partition coefficient (Wildman–Crippen LogP) is 2.79. The van der Waals surface area contributed by atoms with Crippen LogP contribution in [-0.4, -0.2) is 20.0 Å². The van der Waals surface area contributed by atoms with Crippen LogP contribution in [0.4, 0.5) is 0 Å². The molecule has 1 unspecified atom stereocenters. The van der Waals surface area contributed by atoms with Crippen LogP contribution in [0.5, 0.6) is 11.5 Å². The monoisotopic (exact) mass is 234 g/mol. The lowest BCUT2D eigenvalue weighted by atomic mass is 9.59. The molecule has 0 spiro atoms. The molecule has 0 N–H and O–H groups in total. The predicted molar refractivity (Wildman–Crippen MR) is 65.7 cm³/mol. The van der Waals surface area contributed by atoms with Crippen molar-refractivity contribution in [2.75, 3.05) is 14.2 Å². The molecular weight excluding hydrogens is 216 g/mol. The van der Waals surface area contributed by atoms with E-state index in [-0.39, 0.29) is 11.3 Å². The second-order valence-corrected chi connectivity index (χ2v) is 5.01. The quantitative estimate of drug-likeness (QED) is 0.806. The molecular formula is C14H18O3. The highest BCUT2D eigenvalue weighted by atomic mass is 16.5. The Hall–Kier alpha value is -1.51. The minimum Gasteiger partial charge on any atom is -0.497 e. The van der Waals surface area contributed by atoms with E-state index < -0.39 is 0 Å². The van der Waals surface area contributed by atoms with Crippen LogP contribution in [0.15, 0.2) is 18.2 Å². The molecule has 1 fully saturated rings. The number of carbonyl (C=O) groups excluding carboxylic acids is 1. The summed E-state index contributed by atoms with van der Waals surface area (Å²) in [5.74, 6) is 2.14. The third-order valence-electron chi connectivity index (χ3n) is 3.80. The Labute approximate surface area is 102 Å². The van der Waals surface area contributed by atoms with Crippen molar-refractivity contribution in [2.45, 2.75) is 26.2 Å². The second-order valence-electron chi connectivity index (χ2n) is 5.01. The van der Waals surface area contributed by atoms with Crippen LogP contribution in [0.3, 0.4) is 0 Å². The van der Waals surface area contributed by atoms with Crippen molar-refractivity contribution in [3.05, 3.63) is 23.8 Å². The van der Waals surface area contributed by atoms with E-state index in [1.54, 1.807) is 14.2 Å². The lowest BCUT2D eigenvalue weighted by Crippen LogP contribution is -2.43. The molecule has 0 aliphatic heterocycles. The maximum atomic E-state index is 11.6. The van der Waals surface area contributed by atoms with E-state index in [9.17, 15) is 4.79 Å². The van der Waals surface area contributed by atoms with Crippen LogP contribution in [-0.2, 0) is 4.79 Å². The van der Waals surface area contributed by atoms with Crippen LogP contribution >= 0.6 is 0 Å². The fourth-order valence-corrected chi connectivity index (χ4v) is 2.37. The summed E-state index contributed by atoms with van der Waals surface area (Å²) in [5.41, 5.74) is 0.819. The molecule has 2 rings (SSSR count). The second kappa shape index (κ2) is 4.06. The lowest BCUT2D eigenvalue weighted by molar-refractivity contribution is -0.138. The molecule has 0 saturated heterocycles. The third kappa shape index (κ3) is 1.79. The average Bonchev–Trinajstić information content (AvgIpc) is 2.35. The van der Waals surface area contributed by atoms with E-state index >= 15 is 0 Å². The Morgan fingerprint density at radius 2 is 1.94 bits per heavy atom. The van der Waals surface area contributed by atoms with Crippen molar-refractivity contribution in [3.63, 3.8) is 0 Å². The zero-order valence-electron chi connectivity index (χ0n) is 10.7. The number of ketones is 1. The Balaban J connectivity index is 2.37. The van der Waals surface area contributed by atoms with Gasteiger partial charge < -0.3 is 9.47 Å². The molecule has 0 radical (unpaired) electrons. The Morgan fingerprint density at radius 1 is 1.24 bits per heavy atom. The van der Waals surface area contributed by atoms with Crippen molar-refractivity contribution >= 4 is 5.78 Å². The van der Waals surface area contributed by atoms with E-state index in [2.05, 4.69) is 0 Å². The number of ether oxygens (including phenoxy) is 2. The van der Waals surface area contributed by atoms with Gasteiger partial charge in [0.15, 0.2) is 0 Å².